The van der Waals surface area contributed by atoms with Crippen LogP contribution in [0.4, 0.5) is 0 Å². The SMILES string of the molecule is CCNC(Cc1c(Cl)c(CC)nn1CC)C1CCCC1. The van der Waals surface area contributed by atoms with Crippen molar-refractivity contribution in [1.82, 2.24) is 15.1 Å². The lowest BCUT2D eigenvalue weighted by Gasteiger charge is -2.24. The maximum Gasteiger partial charge on any atom is 0.0850 e. The monoisotopic (exact) mass is 297 g/mol. The molecule has 1 heterocycles. The molecular formula is C16H28ClN3. The zero-order valence-electron chi connectivity index (χ0n) is 13.1. The Morgan fingerprint density at radius 2 is 2.00 bits per heavy atom. The molecule has 2 rings (SSSR count). The van der Waals surface area contributed by atoms with Gasteiger partial charge < -0.3 is 5.32 Å². The second-order valence-electron chi connectivity index (χ2n) is 5.79. The molecule has 3 nitrogen and oxygen atoms in total. The Hall–Kier alpha value is -0.540. The Labute approximate surface area is 128 Å². The highest BCUT2D eigenvalue weighted by Crippen LogP contribution is 2.31. The lowest BCUT2D eigenvalue weighted by molar-refractivity contribution is 0.355. The topological polar surface area (TPSA) is 29.9 Å². The van der Waals surface area contributed by atoms with Crippen molar-refractivity contribution in [1.29, 1.82) is 0 Å². The number of hydrogen-bond acceptors (Lipinski definition) is 2. The molecule has 0 radical (unpaired) electrons. The van der Waals surface area contributed by atoms with Crippen LogP contribution in [0.2, 0.25) is 5.02 Å². The molecule has 1 aliphatic rings. The van der Waals surface area contributed by atoms with E-state index >= 15 is 0 Å². The number of halogens is 1. The van der Waals surface area contributed by atoms with Gasteiger partial charge in [0.1, 0.15) is 0 Å². The summed E-state index contributed by atoms with van der Waals surface area (Å²) in [5.41, 5.74) is 2.27. The summed E-state index contributed by atoms with van der Waals surface area (Å²) in [6.07, 6.45) is 7.40. The number of nitrogens with zero attached hydrogens (tertiary/aromatic N) is 2. The zero-order chi connectivity index (χ0) is 14.5. The minimum atomic E-state index is 0.548. The van der Waals surface area contributed by atoms with Crippen LogP contribution in [0.1, 0.15) is 57.8 Å². The fourth-order valence-electron chi connectivity index (χ4n) is 3.45. The van der Waals surface area contributed by atoms with Gasteiger partial charge in [-0.3, -0.25) is 4.68 Å². The van der Waals surface area contributed by atoms with Gasteiger partial charge in [-0.2, -0.15) is 5.10 Å². The molecule has 1 N–H and O–H groups in total. The first-order valence-electron chi connectivity index (χ1n) is 8.18. The van der Waals surface area contributed by atoms with E-state index in [9.17, 15) is 0 Å². The first-order valence-corrected chi connectivity index (χ1v) is 8.56. The highest BCUT2D eigenvalue weighted by Gasteiger charge is 2.27. The van der Waals surface area contributed by atoms with Crippen LogP contribution in [0, 0.1) is 5.92 Å². The maximum absolute atomic E-state index is 6.55. The average molecular weight is 298 g/mol. The van der Waals surface area contributed by atoms with E-state index in [0.29, 0.717) is 6.04 Å². The maximum atomic E-state index is 6.55. The quantitative estimate of drug-likeness (QED) is 0.829. The largest absolute Gasteiger partial charge is 0.314 e. The van der Waals surface area contributed by atoms with Gasteiger partial charge in [0.25, 0.3) is 0 Å². The highest BCUT2D eigenvalue weighted by atomic mass is 35.5. The molecule has 114 valence electrons. The van der Waals surface area contributed by atoms with Gasteiger partial charge in [0.05, 0.1) is 16.4 Å². The van der Waals surface area contributed by atoms with E-state index in [1.165, 1.54) is 31.4 Å². The van der Waals surface area contributed by atoms with Gasteiger partial charge >= 0.3 is 0 Å². The molecule has 4 heteroatoms. The summed E-state index contributed by atoms with van der Waals surface area (Å²) in [7, 11) is 0. The summed E-state index contributed by atoms with van der Waals surface area (Å²) in [5, 5.41) is 9.22. The molecule has 0 bridgehead atoms. The lowest BCUT2D eigenvalue weighted by Crippen LogP contribution is -2.37. The van der Waals surface area contributed by atoms with Crippen molar-refractivity contribution >= 4 is 11.6 Å². The standard InChI is InChI=1S/C16H28ClN3/c1-4-13-16(17)15(20(6-3)19-13)11-14(18-5-2)12-9-7-8-10-12/h12,14,18H,4-11H2,1-3H3. The third kappa shape index (κ3) is 3.37. The second kappa shape index (κ2) is 7.46. The summed E-state index contributed by atoms with van der Waals surface area (Å²) >= 11 is 6.55. The van der Waals surface area contributed by atoms with Gasteiger partial charge in [0.15, 0.2) is 0 Å². The molecule has 0 aliphatic heterocycles. The molecular weight excluding hydrogens is 270 g/mol. The molecule has 0 saturated heterocycles. The van der Waals surface area contributed by atoms with E-state index < -0.39 is 0 Å². The third-order valence-electron chi connectivity index (χ3n) is 4.54. The smallest absolute Gasteiger partial charge is 0.0850 e. The summed E-state index contributed by atoms with van der Waals surface area (Å²) < 4.78 is 2.10. The van der Waals surface area contributed by atoms with E-state index in [1.54, 1.807) is 0 Å². The zero-order valence-corrected chi connectivity index (χ0v) is 13.8. The number of aryl methyl sites for hydroxylation is 2. The van der Waals surface area contributed by atoms with E-state index in [-0.39, 0.29) is 0 Å². The van der Waals surface area contributed by atoms with Gasteiger partial charge in [0.2, 0.25) is 0 Å². The summed E-state index contributed by atoms with van der Waals surface area (Å²) in [4.78, 5) is 0. The number of likely N-dealkylation sites (N-methyl/N-ethyl adjacent to an activating group) is 1. The van der Waals surface area contributed by atoms with Crippen LogP contribution in [-0.2, 0) is 19.4 Å². The second-order valence-corrected chi connectivity index (χ2v) is 6.17. The van der Waals surface area contributed by atoms with Gasteiger partial charge in [0, 0.05) is 19.0 Å². The van der Waals surface area contributed by atoms with Gasteiger partial charge in [-0.25, -0.2) is 0 Å². The van der Waals surface area contributed by atoms with Gasteiger partial charge in [-0.05, 0) is 38.6 Å². The van der Waals surface area contributed by atoms with Gasteiger partial charge in [-0.1, -0.05) is 38.3 Å². The van der Waals surface area contributed by atoms with E-state index in [0.717, 1.165) is 42.6 Å². The first-order chi connectivity index (χ1) is 9.71. The lowest BCUT2D eigenvalue weighted by atomic mass is 9.94. The van der Waals surface area contributed by atoms with Crippen LogP contribution >= 0.6 is 11.6 Å². The van der Waals surface area contributed by atoms with Crippen molar-refractivity contribution in [3.05, 3.63) is 16.4 Å². The first kappa shape index (κ1) is 15.8. The Morgan fingerprint density at radius 3 is 2.55 bits per heavy atom. The van der Waals surface area contributed by atoms with Crippen LogP contribution in [0.3, 0.4) is 0 Å². The van der Waals surface area contributed by atoms with Crippen LogP contribution in [0.5, 0.6) is 0 Å². The molecule has 0 spiro atoms. The van der Waals surface area contributed by atoms with Crippen LogP contribution in [0.15, 0.2) is 0 Å². The molecule has 1 unspecified atom stereocenters. The Balaban J connectivity index is 2.18. The Morgan fingerprint density at radius 1 is 1.30 bits per heavy atom. The van der Waals surface area contributed by atoms with E-state index in [1.807, 2.05) is 0 Å². The van der Waals surface area contributed by atoms with E-state index in [2.05, 4.69) is 35.9 Å². The normalized spacial score (nSPS) is 17.8. The molecule has 0 amide bonds. The highest BCUT2D eigenvalue weighted by molar-refractivity contribution is 6.31. The molecule has 20 heavy (non-hydrogen) atoms. The summed E-state index contributed by atoms with van der Waals surface area (Å²) in [6.45, 7) is 8.39. The van der Waals surface area contributed by atoms with Gasteiger partial charge in [-0.15, -0.1) is 0 Å². The summed E-state index contributed by atoms with van der Waals surface area (Å²) in [5.74, 6) is 0.802. The van der Waals surface area contributed by atoms with Crippen LogP contribution < -0.4 is 5.32 Å². The molecule has 1 fully saturated rings. The van der Waals surface area contributed by atoms with Crippen LogP contribution in [0.25, 0.3) is 0 Å². The van der Waals surface area contributed by atoms with Crippen LogP contribution in [-0.4, -0.2) is 22.4 Å². The van der Waals surface area contributed by atoms with Crippen molar-refractivity contribution in [2.24, 2.45) is 5.92 Å². The number of hydrogen-bond donors (Lipinski definition) is 1. The fraction of sp³-hybridized carbons (Fsp3) is 0.812. The van der Waals surface area contributed by atoms with Crippen molar-refractivity contribution in [2.75, 3.05) is 6.54 Å². The van der Waals surface area contributed by atoms with E-state index in [4.69, 9.17) is 11.6 Å². The molecule has 1 aromatic rings. The average Bonchev–Trinajstić information content (AvgIpc) is 3.07. The summed E-state index contributed by atoms with van der Waals surface area (Å²) in [6, 6.07) is 0.548. The molecule has 0 aromatic carbocycles. The Bertz CT molecular complexity index is 422. The number of nitrogens with one attached hydrogen (secondary N) is 1. The molecule has 1 aromatic heterocycles. The minimum absolute atomic E-state index is 0.548. The van der Waals surface area contributed by atoms with Crippen molar-refractivity contribution in [2.45, 2.75) is 71.9 Å². The predicted molar refractivity (Wildman–Crippen MR) is 85.4 cm³/mol. The predicted octanol–water partition coefficient (Wildman–Crippen LogP) is 3.83. The van der Waals surface area contributed by atoms with Crippen molar-refractivity contribution in [3.8, 4) is 0 Å². The molecule has 1 aliphatic carbocycles. The van der Waals surface area contributed by atoms with Crippen molar-refractivity contribution in [3.63, 3.8) is 0 Å². The number of rotatable bonds is 7. The molecule has 1 saturated carbocycles. The molecule has 1 atom stereocenters. The Kier molecular flexibility index (Phi) is 5.91. The number of aromatic nitrogens is 2. The minimum Gasteiger partial charge on any atom is -0.314 e. The third-order valence-corrected chi connectivity index (χ3v) is 4.98. The van der Waals surface area contributed by atoms with Crippen molar-refractivity contribution < 1.29 is 0 Å². The fourth-order valence-corrected chi connectivity index (χ4v) is 3.79.